The molecule has 0 saturated heterocycles. The number of carbonyl (C=O) groups is 1. The molecule has 9 heteroatoms. The predicted octanol–water partition coefficient (Wildman–Crippen LogP) is 4.26. The molecule has 0 unspecified atom stereocenters. The molecule has 2 heterocycles. The first-order chi connectivity index (χ1) is 14.3. The number of rotatable bonds is 5. The minimum atomic E-state index is -3.34. The van der Waals surface area contributed by atoms with Crippen molar-refractivity contribution in [2.45, 2.75) is 4.90 Å². The van der Waals surface area contributed by atoms with Gasteiger partial charge in [-0.25, -0.2) is 17.9 Å². The lowest BCUT2D eigenvalue weighted by molar-refractivity contribution is 0.142. The summed E-state index contributed by atoms with van der Waals surface area (Å²) < 4.78 is 35.0. The topological polar surface area (TPSA) is 112 Å². The van der Waals surface area contributed by atoms with Crippen LogP contribution in [-0.4, -0.2) is 35.7 Å². The smallest absolute Gasteiger partial charge is 0.464 e. The van der Waals surface area contributed by atoms with E-state index < -0.39 is 16.0 Å². The van der Waals surface area contributed by atoms with E-state index in [-0.39, 0.29) is 10.8 Å². The van der Waals surface area contributed by atoms with E-state index in [1.165, 1.54) is 22.9 Å². The second kappa shape index (κ2) is 7.53. The van der Waals surface area contributed by atoms with Crippen LogP contribution in [0.5, 0.6) is 5.88 Å². The van der Waals surface area contributed by atoms with Crippen molar-refractivity contribution in [2.75, 3.05) is 6.26 Å². The predicted molar refractivity (Wildman–Crippen MR) is 108 cm³/mol. The molecule has 0 spiro atoms. The third-order valence-electron chi connectivity index (χ3n) is 4.37. The summed E-state index contributed by atoms with van der Waals surface area (Å²) in [7, 11) is -3.34. The van der Waals surface area contributed by atoms with E-state index in [1.54, 1.807) is 24.5 Å². The van der Waals surface area contributed by atoms with E-state index in [9.17, 15) is 13.2 Å². The molecule has 0 bridgehead atoms. The number of carboxylic acid groups (broad SMARTS) is 1. The van der Waals surface area contributed by atoms with E-state index in [0.717, 1.165) is 23.1 Å². The first-order valence-electron chi connectivity index (χ1n) is 8.77. The minimum Gasteiger partial charge on any atom is -0.464 e. The average molecular weight is 424 g/mol. The first kappa shape index (κ1) is 19.5. The number of nitrogens with zero attached hydrogens (tertiary/aromatic N) is 2. The quantitative estimate of drug-likeness (QED) is 0.476. The van der Waals surface area contributed by atoms with Gasteiger partial charge in [0.1, 0.15) is 5.76 Å². The Kier molecular flexibility index (Phi) is 4.88. The highest BCUT2D eigenvalue weighted by molar-refractivity contribution is 7.90. The maximum absolute atomic E-state index is 11.7. The van der Waals surface area contributed by atoms with Crippen molar-refractivity contribution in [2.24, 2.45) is 0 Å². The average Bonchev–Trinajstić information content (AvgIpc) is 3.37. The second-order valence-corrected chi connectivity index (χ2v) is 8.48. The number of furan rings is 1. The van der Waals surface area contributed by atoms with Gasteiger partial charge in [0, 0.05) is 23.4 Å². The van der Waals surface area contributed by atoms with Gasteiger partial charge in [-0.05, 0) is 36.4 Å². The van der Waals surface area contributed by atoms with Gasteiger partial charge in [0.15, 0.2) is 9.84 Å². The zero-order valence-corrected chi connectivity index (χ0v) is 16.5. The summed E-state index contributed by atoms with van der Waals surface area (Å²) in [6, 6.07) is 18.7. The van der Waals surface area contributed by atoms with Crippen molar-refractivity contribution < 1.29 is 27.5 Å². The van der Waals surface area contributed by atoms with Gasteiger partial charge in [-0.1, -0.05) is 24.3 Å². The van der Waals surface area contributed by atoms with Crippen LogP contribution >= 0.6 is 0 Å². The summed E-state index contributed by atoms with van der Waals surface area (Å²) in [6.07, 6.45) is 1.24. The molecule has 0 aliphatic heterocycles. The molecule has 0 fully saturated rings. The highest BCUT2D eigenvalue weighted by Crippen LogP contribution is 2.30. The van der Waals surface area contributed by atoms with Crippen molar-refractivity contribution >= 4 is 16.0 Å². The highest BCUT2D eigenvalue weighted by atomic mass is 32.2. The maximum atomic E-state index is 11.7. The molecule has 30 heavy (non-hydrogen) atoms. The van der Waals surface area contributed by atoms with Crippen LogP contribution in [0, 0.1) is 0 Å². The van der Waals surface area contributed by atoms with Gasteiger partial charge in [-0.15, -0.1) is 5.10 Å². The Hall–Kier alpha value is -3.85. The molecule has 0 radical (unpaired) electrons. The normalized spacial score (nSPS) is 11.4. The lowest BCUT2D eigenvalue weighted by atomic mass is 10.1. The number of hydrogen-bond donors (Lipinski definition) is 1. The number of hydrogen-bond acceptors (Lipinski definition) is 6. The summed E-state index contributed by atoms with van der Waals surface area (Å²) in [5, 5.41) is 13.1. The fourth-order valence-corrected chi connectivity index (χ4v) is 3.61. The van der Waals surface area contributed by atoms with Crippen molar-refractivity contribution in [1.29, 1.82) is 0 Å². The molecule has 2 aromatic heterocycles. The molecule has 0 aliphatic carbocycles. The Morgan fingerprint density at radius 3 is 2.27 bits per heavy atom. The van der Waals surface area contributed by atoms with Crippen LogP contribution in [0.1, 0.15) is 0 Å². The van der Waals surface area contributed by atoms with E-state index >= 15 is 0 Å². The van der Waals surface area contributed by atoms with Crippen LogP contribution < -0.4 is 4.74 Å². The lowest BCUT2D eigenvalue weighted by Crippen LogP contribution is -2.05. The fourth-order valence-electron chi connectivity index (χ4n) is 2.98. The molecule has 0 atom stereocenters. The van der Waals surface area contributed by atoms with E-state index in [4.69, 9.17) is 14.3 Å². The molecule has 4 rings (SSSR count). The SMILES string of the molecule is CS(=O)(=O)c1ccc(-n2nc(OC(=O)O)cc2-c2ccc(-c3ccco3)cc2)cc1. The summed E-state index contributed by atoms with van der Waals surface area (Å²) in [5.74, 6) is 0.626. The van der Waals surface area contributed by atoms with Gasteiger partial charge >= 0.3 is 6.16 Å². The van der Waals surface area contributed by atoms with Crippen molar-refractivity contribution in [3.63, 3.8) is 0 Å². The highest BCUT2D eigenvalue weighted by Gasteiger charge is 2.16. The van der Waals surface area contributed by atoms with Crippen LogP contribution in [0.2, 0.25) is 0 Å². The van der Waals surface area contributed by atoms with Gasteiger partial charge in [0.25, 0.3) is 0 Å². The Bertz CT molecular complexity index is 1290. The number of ether oxygens (including phenoxy) is 1. The molecular weight excluding hydrogens is 408 g/mol. The van der Waals surface area contributed by atoms with Gasteiger partial charge in [0.05, 0.1) is 22.5 Å². The molecule has 8 nitrogen and oxygen atoms in total. The molecule has 0 aliphatic rings. The molecule has 152 valence electrons. The van der Waals surface area contributed by atoms with Gasteiger partial charge in [0.2, 0.25) is 5.88 Å². The Morgan fingerprint density at radius 1 is 1.03 bits per heavy atom. The zero-order chi connectivity index (χ0) is 21.3. The third-order valence-corrected chi connectivity index (χ3v) is 5.50. The van der Waals surface area contributed by atoms with Crippen LogP contribution in [0.4, 0.5) is 4.79 Å². The van der Waals surface area contributed by atoms with E-state index in [2.05, 4.69) is 5.10 Å². The maximum Gasteiger partial charge on any atom is 0.512 e. The molecule has 2 aromatic carbocycles. The minimum absolute atomic E-state index is 0.0974. The zero-order valence-electron chi connectivity index (χ0n) is 15.7. The van der Waals surface area contributed by atoms with Crippen LogP contribution in [0.3, 0.4) is 0 Å². The molecule has 4 aromatic rings. The van der Waals surface area contributed by atoms with Gasteiger partial charge in [-0.2, -0.15) is 0 Å². The molecular formula is C21H16N2O6S. The van der Waals surface area contributed by atoms with Crippen molar-refractivity contribution in [1.82, 2.24) is 9.78 Å². The fraction of sp³-hybridized carbons (Fsp3) is 0.0476. The summed E-state index contributed by atoms with van der Waals surface area (Å²) in [5.41, 5.74) is 2.76. The second-order valence-electron chi connectivity index (χ2n) is 6.47. The Balaban J connectivity index is 1.77. The summed E-state index contributed by atoms with van der Waals surface area (Å²) in [6.45, 7) is 0. The summed E-state index contributed by atoms with van der Waals surface area (Å²) >= 11 is 0. The Morgan fingerprint density at radius 2 is 1.70 bits per heavy atom. The van der Waals surface area contributed by atoms with E-state index in [0.29, 0.717) is 11.4 Å². The summed E-state index contributed by atoms with van der Waals surface area (Å²) in [4.78, 5) is 11.1. The lowest BCUT2D eigenvalue weighted by Gasteiger charge is -2.08. The largest absolute Gasteiger partial charge is 0.512 e. The van der Waals surface area contributed by atoms with Gasteiger partial charge in [-0.3, -0.25) is 0 Å². The molecule has 0 saturated carbocycles. The standard InChI is InChI=1S/C21H16N2O6S/c1-30(26,27)17-10-8-16(9-11-17)23-18(13-20(22-23)29-21(24)25)14-4-6-15(7-5-14)19-3-2-12-28-19/h2-13H,1H3,(H,24,25). The Labute approximate surface area is 171 Å². The monoisotopic (exact) mass is 424 g/mol. The molecule has 1 N–H and O–H groups in total. The number of sulfone groups is 1. The number of benzene rings is 2. The van der Waals surface area contributed by atoms with Crippen molar-refractivity contribution in [3.8, 4) is 34.1 Å². The van der Waals surface area contributed by atoms with Gasteiger partial charge < -0.3 is 14.3 Å². The number of aromatic nitrogens is 2. The van der Waals surface area contributed by atoms with Crippen molar-refractivity contribution in [3.05, 3.63) is 73.0 Å². The van der Waals surface area contributed by atoms with Crippen LogP contribution in [0.15, 0.2) is 82.3 Å². The first-order valence-corrected chi connectivity index (χ1v) is 10.7. The third kappa shape index (κ3) is 3.96. The van der Waals surface area contributed by atoms with E-state index in [1.807, 2.05) is 30.3 Å². The van der Waals surface area contributed by atoms with Crippen LogP contribution in [0.25, 0.3) is 28.3 Å². The molecule has 0 amide bonds. The van der Waals surface area contributed by atoms with Crippen LogP contribution in [-0.2, 0) is 9.84 Å².